The summed E-state index contributed by atoms with van der Waals surface area (Å²) in [6.07, 6.45) is 6.83. The number of hydrogen-bond acceptors (Lipinski definition) is 2. The summed E-state index contributed by atoms with van der Waals surface area (Å²) in [7, 11) is 0. The second-order valence-electron chi connectivity index (χ2n) is 8.32. The Kier molecular flexibility index (Phi) is 4.23. The lowest BCUT2D eigenvalue weighted by Gasteiger charge is -2.55. The van der Waals surface area contributed by atoms with Crippen molar-refractivity contribution in [1.29, 1.82) is 0 Å². The summed E-state index contributed by atoms with van der Waals surface area (Å²) in [5, 5.41) is 0. The lowest BCUT2D eigenvalue weighted by Crippen LogP contribution is -2.59. The zero-order valence-electron chi connectivity index (χ0n) is 14.9. The highest BCUT2D eigenvalue weighted by Gasteiger charge is 2.47. The molecule has 126 valence electrons. The first-order chi connectivity index (χ1) is 11.2. The molecular weight excluding hydrogens is 280 g/mol. The van der Waals surface area contributed by atoms with Crippen molar-refractivity contribution in [3.63, 3.8) is 0 Å². The molecule has 23 heavy (non-hydrogen) atoms. The highest BCUT2D eigenvalue weighted by atomic mass is 15.2. The molecule has 0 saturated carbocycles. The van der Waals surface area contributed by atoms with Gasteiger partial charge in [-0.1, -0.05) is 44.5 Å². The van der Waals surface area contributed by atoms with E-state index in [4.69, 9.17) is 0 Å². The Morgan fingerprint density at radius 2 is 1.83 bits per heavy atom. The van der Waals surface area contributed by atoms with Crippen molar-refractivity contribution in [1.82, 2.24) is 9.80 Å². The molecule has 1 aliphatic carbocycles. The molecule has 3 aliphatic rings. The number of hydrogen-bond donors (Lipinski definition) is 0. The van der Waals surface area contributed by atoms with Crippen molar-refractivity contribution in [3.05, 3.63) is 35.4 Å². The minimum Gasteiger partial charge on any atom is -0.302 e. The fourth-order valence-corrected chi connectivity index (χ4v) is 5.41. The van der Waals surface area contributed by atoms with Crippen LogP contribution >= 0.6 is 0 Å². The fourth-order valence-electron chi connectivity index (χ4n) is 5.41. The molecule has 1 aromatic rings. The van der Waals surface area contributed by atoms with Crippen LogP contribution in [0.5, 0.6) is 0 Å². The van der Waals surface area contributed by atoms with Crippen LogP contribution in [0.1, 0.15) is 50.7 Å². The van der Waals surface area contributed by atoms with E-state index in [2.05, 4.69) is 47.9 Å². The maximum absolute atomic E-state index is 2.82. The van der Waals surface area contributed by atoms with Gasteiger partial charge >= 0.3 is 0 Å². The second-order valence-corrected chi connectivity index (χ2v) is 8.32. The molecule has 2 saturated heterocycles. The maximum Gasteiger partial charge on any atom is 0.0170 e. The van der Waals surface area contributed by atoms with Crippen molar-refractivity contribution >= 4 is 0 Å². The van der Waals surface area contributed by atoms with Crippen LogP contribution in [0.15, 0.2) is 24.3 Å². The molecule has 2 fully saturated rings. The molecule has 2 bridgehead atoms. The minimum atomic E-state index is 0.390. The van der Waals surface area contributed by atoms with Crippen LogP contribution in [0.3, 0.4) is 0 Å². The summed E-state index contributed by atoms with van der Waals surface area (Å²) in [4.78, 5) is 5.51. The normalized spacial score (nSPS) is 35.0. The summed E-state index contributed by atoms with van der Waals surface area (Å²) in [5.41, 5.74) is 3.64. The van der Waals surface area contributed by atoms with Crippen LogP contribution < -0.4 is 0 Å². The predicted octanol–water partition coefficient (Wildman–Crippen LogP) is 3.70. The third kappa shape index (κ3) is 2.74. The van der Waals surface area contributed by atoms with Crippen LogP contribution in [0.4, 0.5) is 0 Å². The molecule has 3 atom stereocenters. The molecule has 2 nitrogen and oxygen atoms in total. The van der Waals surface area contributed by atoms with Gasteiger partial charge in [-0.25, -0.2) is 0 Å². The Bertz CT molecular complexity index is 549. The fraction of sp³-hybridized carbons (Fsp3) is 0.714. The topological polar surface area (TPSA) is 6.48 Å². The lowest BCUT2D eigenvalue weighted by molar-refractivity contribution is 0.0239. The molecule has 0 unspecified atom stereocenters. The number of benzene rings is 1. The highest BCUT2D eigenvalue weighted by Crippen LogP contribution is 2.48. The van der Waals surface area contributed by atoms with E-state index in [0.717, 1.165) is 12.0 Å². The van der Waals surface area contributed by atoms with Gasteiger partial charge in [-0.2, -0.15) is 0 Å². The first kappa shape index (κ1) is 15.7. The minimum absolute atomic E-state index is 0.390. The molecule has 1 aromatic carbocycles. The van der Waals surface area contributed by atoms with Gasteiger partial charge in [0, 0.05) is 19.1 Å². The average molecular weight is 313 g/mol. The first-order valence-electron chi connectivity index (χ1n) is 9.73. The number of fused-ring (bicyclic) bond motifs is 4. The quantitative estimate of drug-likeness (QED) is 0.840. The van der Waals surface area contributed by atoms with Gasteiger partial charge in [0.2, 0.25) is 0 Å². The SMILES string of the molecule is C[C@@H]1[C@@H]2Cc3ccccc3[C@@]1(C)CCN2CCN1CCCCC1. The summed E-state index contributed by atoms with van der Waals surface area (Å²) in [6, 6.07) is 9.98. The molecular formula is C21H32N2. The van der Waals surface area contributed by atoms with E-state index in [1.807, 2.05) is 0 Å². The van der Waals surface area contributed by atoms with E-state index in [0.29, 0.717) is 5.41 Å². The van der Waals surface area contributed by atoms with Crippen LogP contribution in [0.2, 0.25) is 0 Å². The van der Waals surface area contributed by atoms with Crippen molar-refractivity contribution in [2.75, 3.05) is 32.7 Å². The summed E-state index contributed by atoms with van der Waals surface area (Å²) in [5.74, 6) is 0.771. The van der Waals surface area contributed by atoms with Gasteiger partial charge in [-0.05, 0) is 67.8 Å². The molecule has 0 amide bonds. The van der Waals surface area contributed by atoms with E-state index in [-0.39, 0.29) is 0 Å². The molecule has 0 spiro atoms. The van der Waals surface area contributed by atoms with Gasteiger partial charge in [-0.15, -0.1) is 0 Å². The molecule has 0 radical (unpaired) electrons. The molecule has 4 rings (SSSR count). The average Bonchev–Trinajstić information content (AvgIpc) is 2.58. The molecule has 0 aromatic heterocycles. The van der Waals surface area contributed by atoms with Crippen LogP contribution in [0, 0.1) is 5.92 Å². The predicted molar refractivity (Wildman–Crippen MR) is 96.9 cm³/mol. The van der Waals surface area contributed by atoms with Crippen LogP contribution in [0.25, 0.3) is 0 Å². The Morgan fingerprint density at radius 3 is 2.65 bits per heavy atom. The van der Waals surface area contributed by atoms with E-state index >= 15 is 0 Å². The smallest absolute Gasteiger partial charge is 0.0170 e. The van der Waals surface area contributed by atoms with Gasteiger partial charge < -0.3 is 4.90 Å². The molecule has 2 heterocycles. The van der Waals surface area contributed by atoms with E-state index in [1.165, 1.54) is 64.8 Å². The summed E-state index contributed by atoms with van der Waals surface area (Å²) < 4.78 is 0. The van der Waals surface area contributed by atoms with Crippen molar-refractivity contribution in [3.8, 4) is 0 Å². The Labute approximate surface area is 141 Å². The molecule has 2 heteroatoms. The highest BCUT2D eigenvalue weighted by molar-refractivity contribution is 5.39. The standard InChI is InChI=1S/C21H32N2/c1-17-20-16-18-8-4-5-9-19(18)21(17,2)10-13-23(20)15-14-22-11-6-3-7-12-22/h4-5,8-9,17,20H,3,6-7,10-16H2,1-2H3/t17-,20+,21+/m1/s1. The largest absolute Gasteiger partial charge is 0.302 e. The Balaban J connectivity index is 1.49. The van der Waals surface area contributed by atoms with Crippen LogP contribution in [-0.4, -0.2) is 48.6 Å². The van der Waals surface area contributed by atoms with Gasteiger partial charge in [-0.3, -0.25) is 4.90 Å². The molecule has 0 N–H and O–H groups in total. The van der Waals surface area contributed by atoms with Gasteiger partial charge in [0.25, 0.3) is 0 Å². The number of nitrogens with zero attached hydrogens (tertiary/aromatic N) is 2. The van der Waals surface area contributed by atoms with Gasteiger partial charge in [0.05, 0.1) is 0 Å². The third-order valence-electron chi connectivity index (χ3n) is 7.18. The summed E-state index contributed by atoms with van der Waals surface area (Å²) in [6.45, 7) is 11.5. The van der Waals surface area contributed by atoms with Crippen molar-refractivity contribution in [2.45, 2.75) is 57.4 Å². The first-order valence-corrected chi connectivity index (χ1v) is 9.73. The lowest BCUT2D eigenvalue weighted by atomic mass is 9.59. The molecule has 2 aliphatic heterocycles. The third-order valence-corrected chi connectivity index (χ3v) is 7.18. The zero-order chi connectivity index (χ0) is 15.9. The number of piperidine rings is 2. The van der Waals surface area contributed by atoms with Crippen LogP contribution in [-0.2, 0) is 11.8 Å². The van der Waals surface area contributed by atoms with Crippen molar-refractivity contribution < 1.29 is 0 Å². The van der Waals surface area contributed by atoms with Crippen molar-refractivity contribution in [2.24, 2.45) is 5.92 Å². The van der Waals surface area contributed by atoms with Gasteiger partial charge in [0.15, 0.2) is 0 Å². The second kappa shape index (κ2) is 6.22. The zero-order valence-corrected chi connectivity index (χ0v) is 14.9. The summed E-state index contributed by atoms with van der Waals surface area (Å²) >= 11 is 0. The Hall–Kier alpha value is -0.860. The number of likely N-dealkylation sites (tertiary alicyclic amines) is 2. The monoisotopic (exact) mass is 312 g/mol. The Morgan fingerprint density at radius 1 is 1.04 bits per heavy atom. The van der Waals surface area contributed by atoms with E-state index in [9.17, 15) is 0 Å². The number of rotatable bonds is 3. The van der Waals surface area contributed by atoms with E-state index < -0.39 is 0 Å². The van der Waals surface area contributed by atoms with E-state index in [1.54, 1.807) is 11.1 Å². The maximum atomic E-state index is 2.82. The van der Waals surface area contributed by atoms with Gasteiger partial charge in [0.1, 0.15) is 0 Å².